The number of nitrogens with one attached hydrogen (secondary N) is 1. The van der Waals surface area contributed by atoms with Gasteiger partial charge in [-0.05, 0) is 55.2 Å². The van der Waals surface area contributed by atoms with E-state index in [0.29, 0.717) is 5.56 Å². The van der Waals surface area contributed by atoms with Gasteiger partial charge in [-0.1, -0.05) is 11.6 Å². The minimum atomic E-state index is -0.919. The zero-order valence-corrected chi connectivity index (χ0v) is 16.3. The van der Waals surface area contributed by atoms with Crippen molar-refractivity contribution >= 4 is 16.6 Å². The van der Waals surface area contributed by atoms with Crippen molar-refractivity contribution in [3.8, 4) is 0 Å². The molecule has 0 spiro atoms. The van der Waals surface area contributed by atoms with Crippen LogP contribution in [0, 0.1) is 17.0 Å². The maximum absolute atomic E-state index is 10.8. The number of nitrogens with zero attached hydrogens (tertiary/aromatic N) is 1. The van der Waals surface area contributed by atoms with E-state index in [2.05, 4.69) is 30.1 Å². The minimum absolute atomic E-state index is 0.0178. The van der Waals surface area contributed by atoms with Crippen LogP contribution in [-0.2, 0) is 6.42 Å². The fraction of sp³-hybridized carbons (Fsp3) is 0.364. The Hall–Kier alpha value is -2.74. The zero-order chi connectivity index (χ0) is 20.5. The molecule has 7 nitrogen and oxygen atoms in total. The second-order valence-corrected chi connectivity index (χ2v) is 7.90. The van der Waals surface area contributed by atoms with Gasteiger partial charge in [-0.3, -0.25) is 10.1 Å². The van der Waals surface area contributed by atoms with Crippen LogP contribution in [0.3, 0.4) is 0 Å². The van der Waals surface area contributed by atoms with Crippen LogP contribution in [0.2, 0.25) is 0 Å². The van der Waals surface area contributed by atoms with Crippen LogP contribution < -0.4 is 5.32 Å². The Bertz CT molecular complexity index is 1030. The average molecular weight is 396 g/mol. The van der Waals surface area contributed by atoms with Crippen LogP contribution in [-0.4, -0.2) is 32.8 Å². The summed E-state index contributed by atoms with van der Waals surface area (Å²) in [4.78, 5) is 13.9. The van der Waals surface area contributed by atoms with Gasteiger partial charge in [0.1, 0.15) is 18.2 Å². The van der Waals surface area contributed by atoms with Gasteiger partial charge in [-0.25, -0.2) is 0 Å². The van der Waals surface area contributed by atoms with E-state index in [1.165, 1.54) is 34.3 Å². The molecule has 5 N–H and O–H groups in total. The maximum Gasteiger partial charge on any atom is 0.269 e. The van der Waals surface area contributed by atoms with E-state index in [1.807, 2.05) is 5.32 Å². The maximum atomic E-state index is 10.8. The van der Waals surface area contributed by atoms with Gasteiger partial charge >= 0.3 is 0 Å². The summed E-state index contributed by atoms with van der Waals surface area (Å²) >= 11 is 0. The first-order valence-electron chi connectivity index (χ1n) is 9.97. The van der Waals surface area contributed by atoms with Crippen LogP contribution in [0.5, 0.6) is 0 Å². The van der Waals surface area contributed by atoms with Crippen molar-refractivity contribution in [2.45, 2.75) is 44.4 Å². The van der Waals surface area contributed by atoms with E-state index in [-0.39, 0.29) is 18.3 Å². The number of benzene rings is 2. The highest BCUT2D eigenvalue weighted by Crippen LogP contribution is 2.33. The van der Waals surface area contributed by atoms with E-state index in [0.717, 1.165) is 24.8 Å². The molecule has 1 aliphatic rings. The molecule has 0 bridgehead atoms. The number of nitro benzene ring substituents is 1. The minimum Gasteiger partial charge on any atom is -0.390 e. The predicted octanol–water partition coefficient (Wildman–Crippen LogP) is 2.42. The number of aryl methyl sites for hydroxylation is 2. The number of rotatable bonds is 6. The van der Waals surface area contributed by atoms with E-state index >= 15 is 0 Å². The quantitative estimate of drug-likeness (QED) is 0.378. The molecule has 0 aliphatic heterocycles. The number of quaternary nitrogens is 1. The molecular weight excluding hydrogens is 370 g/mol. The summed E-state index contributed by atoms with van der Waals surface area (Å²) in [5.41, 5.74) is 5.40. The molecule has 0 saturated carbocycles. The molecule has 0 radical (unpaired) electrons. The Balaban J connectivity index is 1.58. The normalized spacial score (nSPS) is 18.4. The van der Waals surface area contributed by atoms with Crippen molar-refractivity contribution in [3.05, 3.63) is 75.0 Å². The SMILES string of the molecule is Cc1ccc2[nH]c3c(c2c1)CCC[C@@H]3[NH2+][C@@H](CO)[C@H](O)c1ccc([N+](=O)[O-])cc1. The first-order chi connectivity index (χ1) is 14.0. The lowest BCUT2D eigenvalue weighted by Gasteiger charge is -2.27. The Morgan fingerprint density at radius 1 is 1.28 bits per heavy atom. The van der Waals surface area contributed by atoms with Gasteiger partial charge in [0.05, 0.1) is 17.2 Å². The molecule has 1 aliphatic carbocycles. The molecule has 152 valence electrons. The van der Waals surface area contributed by atoms with E-state index < -0.39 is 17.1 Å². The third kappa shape index (κ3) is 3.76. The second-order valence-electron chi connectivity index (χ2n) is 7.90. The highest BCUT2D eigenvalue weighted by atomic mass is 16.6. The smallest absolute Gasteiger partial charge is 0.269 e. The zero-order valence-electron chi connectivity index (χ0n) is 16.3. The first-order valence-corrected chi connectivity index (χ1v) is 9.97. The van der Waals surface area contributed by atoms with Gasteiger partial charge in [0.25, 0.3) is 5.69 Å². The topological polar surface area (TPSA) is 116 Å². The number of fused-ring (bicyclic) bond motifs is 3. The largest absolute Gasteiger partial charge is 0.390 e. The number of aliphatic hydroxyl groups is 2. The Labute approximate surface area is 168 Å². The molecule has 2 aromatic carbocycles. The molecule has 0 saturated heterocycles. The van der Waals surface area contributed by atoms with Crippen LogP contribution in [0.25, 0.3) is 10.9 Å². The average Bonchev–Trinajstić information content (AvgIpc) is 3.10. The molecule has 1 heterocycles. The number of aromatic amines is 1. The van der Waals surface area contributed by atoms with Gasteiger partial charge in [-0.15, -0.1) is 0 Å². The molecule has 3 atom stereocenters. The van der Waals surface area contributed by atoms with Gasteiger partial charge in [0, 0.05) is 29.5 Å². The summed E-state index contributed by atoms with van der Waals surface area (Å²) in [6, 6.07) is 11.9. The van der Waals surface area contributed by atoms with Crippen LogP contribution in [0.15, 0.2) is 42.5 Å². The third-order valence-electron chi connectivity index (χ3n) is 5.95. The fourth-order valence-electron chi connectivity index (χ4n) is 4.41. The summed E-state index contributed by atoms with van der Waals surface area (Å²) < 4.78 is 0. The molecular formula is C22H26N3O4+. The van der Waals surface area contributed by atoms with Crippen LogP contribution in [0.1, 0.15) is 47.4 Å². The highest BCUT2D eigenvalue weighted by Gasteiger charge is 2.32. The number of nitrogens with two attached hydrogens (primary N) is 1. The van der Waals surface area contributed by atoms with Gasteiger partial charge in [-0.2, -0.15) is 0 Å². The van der Waals surface area contributed by atoms with Crippen molar-refractivity contribution in [1.82, 2.24) is 4.98 Å². The van der Waals surface area contributed by atoms with Gasteiger partial charge < -0.3 is 20.5 Å². The molecule has 7 heteroatoms. The summed E-state index contributed by atoms with van der Waals surface area (Å²) in [6.07, 6.45) is 2.12. The fourth-order valence-corrected chi connectivity index (χ4v) is 4.41. The second kappa shape index (κ2) is 7.94. The van der Waals surface area contributed by atoms with Crippen LogP contribution in [0.4, 0.5) is 5.69 Å². The predicted molar refractivity (Wildman–Crippen MR) is 110 cm³/mol. The van der Waals surface area contributed by atoms with Crippen molar-refractivity contribution in [1.29, 1.82) is 0 Å². The van der Waals surface area contributed by atoms with E-state index in [9.17, 15) is 20.3 Å². The number of aliphatic hydroxyl groups excluding tert-OH is 2. The van der Waals surface area contributed by atoms with Crippen molar-refractivity contribution < 1.29 is 20.5 Å². The molecule has 0 amide bonds. The molecule has 0 unspecified atom stereocenters. The third-order valence-corrected chi connectivity index (χ3v) is 5.95. The van der Waals surface area contributed by atoms with Crippen molar-refractivity contribution in [2.75, 3.05) is 6.61 Å². The summed E-state index contributed by atoms with van der Waals surface area (Å²) in [5, 5.41) is 34.9. The lowest BCUT2D eigenvalue weighted by atomic mass is 9.90. The summed E-state index contributed by atoms with van der Waals surface area (Å²) in [7, 11) is 0. The van der Waals surface area contributed by atoms with Crippen LogP contribution >= 0.6 is 0 Å². The van der Waals surface area contributed by atoms with Crippen molar-refractivity contribution in [3.63, 3.8) is 0 Å². The molecule has 4 rings (SSSR count). The Morgan fingerprint density at radius 2 is 2.03 bits per heavy atom. The number of H-pyrrole nitrogens is 1. The number of nitro groups is 1. The van der Waals surface area contributed by atoms with Crippen molar-refractivity contribution in [2.24, 2.45) is 0 Å². The van der Waals surface area contributed by atoms with Gasteiger partial charge in [0.2, 0.25) is 0 Å². The lowest BCUT2D eigenvalue weighted by molar-refractivity contribution is -0.738. The monoisotopic (exact) mass is 396 g/mol. The number of aromatic nitrogens is 1. The van der Waals surface area contributed by atoms with E-state index in [1.54, 1.807) is 12.1 Å². The molecule has 3 aromatic rings. The summed E-state index contributed by atoms with van der Waals surface area (Å²) in [6.45, 7) is 1.90. The standard InChI is InChI=1S/C22H25N3O4/c1-13-5-10-18-17(11-13)16-3-2-4-19(21(16)24-18)23-20(12-26)22(27)14-6-8-15(9-7-14)25(28)29/h5-11,19-20,22-24,26-27H,2-4,12H2,1H3/p+1/t19-,20-,22+/m0/s1. The first kappa shape index (κ1) is 19.6. The van der Waals surface area contributed by atoms with Gasteiger partial charge in [0.15, 0.2) is 0 Å². The molecule has 1 aromatic heterocycles. The number of non-ortho nitro benzene ring substituents is 1. The molecule has 29 heavy (non-hydrogen) atoms. The van der Waals surface area contributed by atoms with E-state index in [4.69, 9.17) is 0 Å². The highest BCUT2D eigenvalue weighted by molar-refractivity contribution is 5.85. The lowest BCUT2D eigenvalue weighted by Crippen LogP contribution is -2.93. The molecule has 0 fully saturated rings. The number of hydrogen-bond donors (Lipinski definition) is 4. The number of hydrogen-bond acceptors (Lipinski definition) is 4. The Kier molecular flexibility index (Phi) is 5.36. The Morgan fingerprint density at radius 3 is 2.72 bits per heavy atom. The summed E-state index contributed by atoms with van der Waals surface area (Å²) in [5.74, 6) is 0.